The minimum Gasteiger partial charge on any atom is -0.469 e. The van der Waals surface area contributed by atoms with Crippen LogP contribution in [0.25, 0.3) is 0 Å². The average molecular weight is 255 g/mol. The fourth-order valence-corrected chi connectivity index (χ4v) is 3.07. The van der Waals surface area contributed by atoms with Crippen molar-refractivity contribution in [2.75, 3.05) is 26.8 Å². The first kappa shape index (κ1) is 13.8. The number of carbonyl (C=O) groups excluding carboxylic acids is 1. The van der Waals surface area contributed by atoms with Gasteiger partial charge in [0.15, 0.2) is 0 Å². The molecule has 0 aromatic rings. The zero-order chi connectivity index (χ0) is 13.0. The highest BCUT2D eigenvalue weighted by Gasteiger charge is 2.29. The zero-order valence-electron chi connectivity index (χ0n) is 11.6. The second-order valence-electron chi connectivity index (χ2n) is 5.68. The highest BCUT2D eigenvalue weighted by molar-refractivity contribution is 5.69. The van der Waals surface area contributed by atoms with Crippen molar-refractivity contribution in [3.63, 3.8) is 0 Å². The average Bonchev–Trinajstić information content (AvgIpc) is 2.40. The van der Waals surface area contributed by atoms with Crippen molar-refractivity contribution in [1.82, 2.24) is 4.90 Å². The molecule has 0 aromatic heterocycles. The highest BCUT2D eigenvalue weighted by Crippen LogP contribution is 2.28. The lowest BCUT2D eigenvalue weighted by Gasteiger charge is -2.40. The molecule has 1 aliphatic carbocycles. The predicted molar refractivity (Wildman–Crippen MR) is 69.4 cm³/mol. The van der Waals surface area contributed by atoms with E-state index in [-0.39, 0.29) is 12.1 Å². The number of morpholine rings is 1. The Morgan fingerprint density at radius 2 is 2.06 bits per heavy atom. The Morgan fingerprint density at radius 3 is 2.72 bits per heavy atom. The Kier molecular flexibility index (Phi) is 5.01. The number of nitrogens with zero attached hydrogens (tertiary/aromatic N) is 1. The van der Waals surface area contributed by atoms with Gasteiger partial charge in [0.2, 0.25) is 0 Å². The molecule has 4 nitrogen and oxygen atoms in total. The molecule has 104 valence electrons. The topological polar surface area (TPSA) is 38.8 Å². The Morgan fingerprint density at radius 1 is 1.33 bits per heavy atom. The van der Waals surface area contributed by atoms with E-state index in [1.165, 1.54) is 32.8 Å². The molecule has 1 atom stereocenters. The molecule has 1 saturated carbocycles. The van der Waals surface area contributed by atoms with Gasteiger partial charge in [0.05, 0.1) is 26.2 Å². The second-order valence-corrected chi connectivity index (χ2v) is 5.68. The van der Waals surface area contributed by atoms with Crippen LogP contribution in [-0.4, -0.2) is 49.8 Å². The molecule has 18 heavy (non-hydrogen) atoms. The molecule has 2 rings (SSSR count). The van der Waals surface area contributed by atoms with Gasteiger partial charge in [-0.3, -0.25) is 9.69 Å². The van der Waals surface area contributed by atoms with Crippen molar-refractivity contribution < 1.29 is 14.3 Å². The summed E-state index contributed by atoms with van der Waals surface area (Å²) in [7, 11) is 1.44. The molecule has 1 saturated heterocycles. The molecule has 2 aliphatic rings. The van der Waals surface area contributed by atoms with Crippen LogP contribution in [0.1, 0.15) is 39.0 Å². The minimum absolute atomic E-state index is 0.0190. The fourth-order valence-electron chi connectivity index (χ4n) is 3.07. The smallest absolute Gasteiger partial charge is 0.308 e. The molecule has 1 heterocycles. The van der Waals surface area contributed by atoms with Crippen molar-refractivity contribution in [2.45, 2.75) is 51.2 Å². The van der Waals surface area contributed by atoms with E-state index < -0.39 is 0 Å². The van der Waals surface area contributed by atoms with Crippen LogP contribution < -0.4 is 0 Å². The fraction of sp³-hybridized carbons (Fsp3) is 0.929. The van der Waals surface area contributed by atoms with Crippen molar-refractivity contribution >= 4 is 5.97 Å². The number of ether oxygens (including phenoxy) is 2. The first-order chi connectivity index (χ1) is 8.69. The zero-order valence-corrected chi connectivity index (χ0v) is 11.6. The maximum absolute atomic E-state index is 11.3. The summed E-state index contributed by atoms with van der Waals surface area (Å²) in [4.78, 5) is 13.8. The van der Waals surface area contributed by atoms with Crippen LogP contribution in [0.2, 0.25) is 0 Å². The summed E-state index contributed by atoms with van der Waals surface area (Å²) in [6, 6.07) is 0.699. The van der Waals surface area contributed by atoms with Gasteiger partial charge in [-0.05, 0) is 31.6 Å². The molecule has 1 unspecified atom stereocenters. The van der Waals surface area contributed by atoms with Gasteiger partial charge in [-0.2, -0.15) is 0 Å². The Labute approximate surface area is 110 Å². The van der Waals surface area contributed by atoms with Crippen LogP contribution in [0.15, 0.2) is 0 Å². The molecular weight excluding hydrogens is 230 g/mol. The number of hydrogen-bond acceptors (Lipinski definition) is 4. The number of carbonyl (C=O) groups is 1. The number of esters is 1. The number of rotatable bonds is 3. The van der Waals surface area contributed by atoms with Gasteiger partial charge in [-0.1, -0.05) is 6.92 Å². The van der Waals surface area contributed by atoms with Crippen LogP contribution in [-0.2, 0) is 14.3 Å². The molecule has 0 amide bonds. The standard InChI is InChI=1S/C14H25NO3/c1-11-3-5-12(6-4-11)15-7-8-18-13(10-15)9-14(16)17-2/h11-13H,3-10H2,1-2H3. The third kappa shape index (κ3) is 3.69. The molecule has 0 bridgehead atoms. The van der Waals surface area contributed by atoms with E-state index in [2.05, 4.69) is 11.8 Å². The lowest BCUT2D eigenvalue weighted by molar-refractivity contribution is -0.146. The lowest BCUT2D eigenvalue weighted by atomic mass is 9.86. The van der Waals surface area contributed by atoms with Crippen molar-refractivity contribution in [3.8, 4) is 0 Å². The van der Waals surface area contributed by atoms with Crippen LogP contribution in [0.3, 0.4) is 0 Å². The minimum atomic E-state index is -0.167. The third-order valence-corrected chi connectivity index (χ3v) is 4.29. The van der Waals surface area contributed by atoms with E-state index in [4.69, 9.17) is 9.47 Å². The molecule has 0 radical (unpaired) electrons. The van der Waals surface area contributed by atoms with Gasteiger partial charge in [0.25, 0.3) is 0 Å². The monoisotopic (exact) mass is 255 g/mol. The first-order valence-corrected chi connectivity index (χ1v) is 7.11. The molecule has 4 heteroatoms. The largest absolute Gasteiger partial charge is 0.469 e. The van der Waals surface area contributed by atoms with Crippen LogP contribution in [0.4, 0.5) is 0 Å². The van der Waals surface area contributed by atoms with E-state index in [0.29, 0.717) is 12.5 Å². The van der Waals surface area contributed by atoms with Gasteiger partial charge in [0, 0.05) is 19.1 Å². The highest BCUT2D eigenvalue weighted by atomic mass is 16.5. The van der Waals surface area contributed by atoms with Crippen molar-refractivity contribution in [3.05, 3.63) is 0 Å². The van der Waals surface area contributed by atoms with Crippen LogP contribution in [0, 0.1) is 5.92 Å². The van der Waals surface area contributed by atoms with E-state index >= 15 is 0 Å². The maximum Gasteiger partial charge on any atom is 0.308 e. The number of methoxy groups -OCH3 is 1. The van der Waals surface area contributed by atoms with Crippen molar-refractivity contribution in [1.29, 1.82) is 0 Å². The van der Waals surface area contributed by atoms with Gasteiger partial charge in [-0.15, -0.1) is 0 Å². The quantitative estimate of drug-likeness (QED) is 0.721. The molecule has 0 aromatic carbocycles. The number of hydrogen-bond donors (Lipinski definition) is 0. The Hall–Kier alpha value is -0.610. The molecule has 2 fully saturated rings. The van der Waals surface area contributed by atoms with Gasteiger partial charge in [-0.25, -0.2) is 0 Å². The summed E-state index contributed by atoms with van der Waals surface area (Å²) in [5.74, 6) is 0.715. The van der Waals surface area contributed by atoms with Crippen LogP contribution in [0.5, 0.6) is 0 Å². The molecule has 0 N–H and O–H groups in total. The summed E-state index contributed by atoms with van der Waals surface area (Å²) >= 11 is 0. The summed E-state index contributed by atoms with van der Waals surface area (Å²) in [5, 5.41) is 0. The molecule has 0 spiro atoms. The maximum atomic E-state index is 11.3. The van der Waals surface area contributed by atoms with E-state index in [0.717, 1.165) is 25.6 Å². The SMILES string of the molecule is COC(=O)CC1CN(C2CCC(C)CC2)CCO1. The Balaban J connectivity index is 1.81. The van der Waals surface area contributed by atoms with Gasteiger partial charge < -0.3 is 9.47 Å². The Bertz CT molecular complexity index is 274. The molecular formula is C14H25NO3. The molecule has 1 aliphatic heterocycles. The van der Waals surface area contributed by atoms with E-state index in [9.17, 15) is 4.79 Å². The summed E-state index contributed by atoms with van der Waals surface area (Å²) in [6.45, 7) is 4.98. The summed E-state index contributed by atoms with van der Waals surface area (Å²) in [6.07, 6.45) is 5.67. The van der Waals surface area contributed by atoms with Gasteiger partial charge in [0.1, 0.15) is 0 Å². The van der Waals surface area contributed by atoms with Gasteiger partial charge >= 0.3 is 5.97 Å². The summed E-state index contributed by atoms with van der Waals surface area (Å²) in [5.41, 5.74) is 0. The van der Waals surface area contributed by atoms with E-state index in [1.54, 1.807) is 0 Å². The summed E-state index contributed by atoms with van der Waals surface area (Å²) < 4.78 is 10.4. The third-order valence-electron chi connectivity index (χ3n) is 4.29. The normalized spacial score (nSPS) is 34.2. The van der Waals surface area contributed by atoms with Crippen molar-refractivity contribution in [2.24, 2.45) is 5.92 Å². The second kappa shape index (κ2) is 6.53. The van der Waals surface area contributed by atoms with Crippen LogP contribution >= 0.6 is 0 Å². The lowest BCUT2D eigenvalue weighted by Crippen LogP contribution is -2.49. The van der Waals surface area contributed by atoms with E-state index in [1.807, 2.05) is 0 Å². The first-order valence-electron chi connectivity index (χ1n) is 7.11. The predicted octanol–water partition coefficient (Wildman–Crippen LogP) is 1.83.